The number of hydrogen-bond acceptors (Lipinski definition) is 3. The molecule has 0 amide bonds. The fourth-order valence-corrected chi connectivity index (χ4v) is 2.20. The van der Waals surface area contributed by atoms with Crippen LogP contribution in [0.15, 0.2) is 42.6 Å². The van der Waals surface area contributed by atoms with E-state index in [1.54, 1.807) is 6.20 Å². The Bertz CT molecular complexity index is 566. The van der Waals surface area contributed by atoms with Crippen LogP contribution in [0.25, 0.3) is 0 Å². The Morgan fingerprint density at radius 3 is 2.35 bits per heavy atom. The van der Waals surface area contributed by atoms with Gasteiger partial charge >= 0.3 is 0 Å². The van der Waals surface area contributed by atoms with Crippen LogP contribution in [0.2, 0.25) is 5.02 Å². The van der Waals surface area contributed by atoms with E-state index < -0.39 is 0 Å². The molecule has 2 atom stereocenters. The van der Waals surface area contributed by atoms with Crippen molar-refractivity contribution in [1.29, 1.82) is 0 Å². The molecule has 2 unspecified atom stereocenters. The van der Waals surface area contributed by atoms with E-state index in [-0.39, 0.29) is 12.1 Å². The van der Waals surface area contributed by atoms with Gasteiger partial charge in [-0.15, -0.1) is 0 Å². The van der Waals surface area contributed by atoms with Gasteiger partial charge in [-0.3, -0.25) is 0 Å². The third-order valence-corrected chi connectivity index (χ3v) is 3.84. The zero-order valence-corrected chi connectivity index (χ0v) is 12.8. The van der Waals surface area contributed by atoms with Gasteiger partial charge in [0.15, 0.2) is 0 Å². The van der Waals surface area contributed by atoms with E-state index in [2.05, 4.69) is 16.8 Å². The molecular formula is C16H20ClN3. The van der Waals surface area contributed by atoms with Crippen LogP contribution in [0.1, 0.15) is 37.1 Å². The van der Waals surface area contributed by atoms with Crippen LogP contribution in [-0.2, 0) is 0 Å². The van der Waals surface area contributed by atoms with Crippen LogP contribution in [0.5, 0.6) is 0 Å². The van der Waals surface area contributed by atoms with Crippen molar-refractivity contribution < 1.29 is 0 Å². The lowest BCUT2D eigenvalue weighted by molar-refractivity contribution is 0.725. The smallest absolute Gasteiger partial charge is 0.129 e. The first-order chi connectivity index (χ1) is 9.49. The van der Waals surface area contributed by atoms with Crippen LogP contribution >= 0.6 is 11.6 Å². The summed E-state index contributed by atoms with van der Waals surface area (Å²) in [6.45, 7) is 4.12. The molecule has 4 heteroatoms. The topological polar surface area (TPSA) is 42.1 Å². The molecule has 20 heavy (non-hydrogen) atoms. The molecule has 106 valence electrons. The number of pyridine rings is 1. The summed E-state index contributed by atoms with van der Waals surface area (Å²) in [5.41, 5.74) is 8.21. The molecule has 2 aromatic rings. The highest BCUT2D eigenvalue weighted by Crippen LogP contribution is 2.26. The summed E-state index contributed by atoms with van der Waals surface area (Å²) in [6, 6.07) is 12.1. The third kappa shape index (κ3) is 3.30. The predicted octanol–water partition coefficient (Wildman–Crippen LogP) is 3.95. The molecule has 0 saturated carbocycles. The van der Waals surface area contributed by atoms with E-state index in [0.29, 0.717) is 0 Å². The summed E-state index contributed by atoms with van der Waals surface area (Å²) >= 11 is 5.93. The Kier molecular flexibility index (Phi) is 4.63. The van der Waals surface area contributed by atoms with Crippen molar-refractivity contribution in [3.05, 3.63) is 58.7 Å². The van der Waals surface area contributed by atoms with E-state index in [9.17, 15) is 0 Å². The maximum atomic E-state index is 5.93. The van der Waals surface area contributed by atoms with Gasteiger partial charge < -0.3 is 10.6 Å². The molecule has 0 radical (unpaired) electrons. The molecule has 2 rings (SSSR count). The Morgan fingerprint density at radius 1 is 1.10 bits per heavy atom. The lowest BCUT2D eigenvalue weighted by Crippen LogP contribution is -2.23. The standard InChI is InChI=1S/C16H20ClN3/c1-11(18)14-8-9-19-16(10-14)20(3)12(2)13-4-6-15(17)7-5-13/h4-12H,18H2,1-3H3. The molecule has 0 aliphatic heterocycles. The summed E-state index contributed by atoms with van der Waals surface area (Å²) in [5, 5.41) is 0.751. The van der Waals surface area contributed by atoms with Crippen molar-refractivity contribution in [3.8, 4) is 0 Å². The van der Waals surface area contributed by atoms with Gasteiger partial charge in [0.2, 0.25) is 0 Å². The van der Waals surface area contributed by atoms with Gasteiger partial charge in [-0.05, 0) is 49.2 Å². The average Bonchev–Trinajstić information content (AvgIpc) is 2.46. The average molecular weight is 290 g/mol. The Morgan fingerprint density at radius 2 is 1.75 bits per heavy atom. The summed E-state index contributed by atoms with van der Waals surface area (Å²) in [5.74, 6) is 0.919. The van der Waals surface area contributed by atoms with Gasteiger partial charge in [0.05, 0.1) is 6.04 Å². The first-order valence-electron chi connectivity index (χ1n) is 6.69. The normalized spacial score (nSPS) is 13.8. The zero-order valence-electron chi connectivity index (χ0n) is 12.0. The second kappa shape index (κ2) is 6.25. The summed E-state index contributed by atoms with van der Waals surface area (Å²) in [7, 11) is 2.03. The highest BCUT2D eigenvalue weighted by Gasteiger charge is 2.14. The minimum atomic E-state index is 0.0102. The number of aromatic nitrogens is 1. The monoisotopic (exact) mass is 289 g/mol. The van der Waals surface area contributed by atoms with Crippen molar-refractivity contribution >= 4 is 17.4 Å². The molecule has 0 aliphatic carbocycles. The number of nitrogens with zero attached hydrogens (tertiary/aromatic N) is 2. The van der Waals surface area contributed by atoms with E-state index in [4.69, 9.17) is 17.3 Å². The van der Waals surface area contributed by atoms with E-state index in [0.717, 1.165) is 16.4 Å². The minimum absolute atomic E-state index is 0.0102. The predicted molar refractivity (Wildman–Crippen MR) is 85.1 cm³/mol. The number of halogens is 1. The number of hydrogen-bond donors (Lipinski definition) is 1. The van der Waals surface area contributed by atoms with Crippen molar-refractivity contribution in [3.63, 3.8) is 0 Å². The summed E-state index contributed by atoms with van der Waals surface area (Å²) in [6.07, 6.45) is 1.80. The molecule has 0 fully saturated rings. The van der Waals surface area contributed by atoms with Crippen molar-refractivity contribution in [2.24, 2.45) is 5.73 Å². The lowest BCUT2D eigenvalue weighted by Gasteiger charge is -2.27. The molecule has 1 aromatic heterocycles. The van der Waals surface area contributed by atoms with Crippen LogP contribution < -0.4 is 10.6 Å². The molecular weight excluding hydrogens is 270 g/mol. The third-order valence-electron chi connectivity index (χ3n) is 3.59. The van der Waals surface area contributed by atoms with Crippen LogP contribution in [0, 0.1) is 0 Å². The van der Waals surface area contributed by atoms with Crippen molar-refractivity contribution in [1.82, 2.24) is 4.98 Å². The van der Waals surface area contributed by atoms with Gasteiger partial charge in [0.25, 0.3) is 0 Å². The van der Waals surface area contributed by atoms with Gasteiger partial charge in [0, 0.05) is 24.3 Å². The SMILES string of the molecule is CC(N)c1ccnc(N(C)C(C)c2ccc(Cl)cc2)c1. The van der Waals surface area contributed by atoms with Gasteiger partial charge in [-0.25, -0.2) is 4.98 Å². The van der Waals surface area contributed by atoms with Gasteiger partial charge in [-0.2, -0.15) is 0 Å². The lowest BCUT2D eigenvalue weighted by atomic mass is 10.1. The number of anilines is 1. The van der Waals surface area contributed by atoms with Gasteiger partial charge in [-0.1, -0.05) is 23.7 Å². The van der Waals surface area contributed by atoms with Gasteiger partial charge in [0.1, 0.15) is 5.82 Å². The van der Waals surface area contributed by atoms with E-state index in [1.807, 2.05) is 50.4 Å². The number of rotatable bonds is 4. The largest absolute Gasteiger partial charge is 0.353 e. The molecule has 1 heterocycles. The van der Waals surface area contributed by atoms with Crippen LogP contribution in [0.3, 0.4) is 0 Å². The van der Waals surface area contributed by atoms with Crippen LogP contribution in [-0.4, -0.2) is 12.0 Å². The fourth-order valence-electron chi connectivity index (χ4n) is 2.07. The first-order valence-corrected chi connectivity index (χ1v) is 7.06. The summed E-state index contributed by atoms with van der Waals surface area (Å²) in [4.78, 5) is 6.56. The quantitative estimate of drug-likeness (QED) is 0.926. The molecule has 3 nitrogen and oxygen atoms in total. The summed E-state index contributed by atoms with van der Waals surface area (Å²) < 4.78 is 0. The molecule has 0 spiro atoms. The maximum absolute atomic E-state index is 5.93. The Labute approximate surface area is 125 Å². The Hall–Kier alpha value is -1.58. The molecule has 0 saturated heterocycles. The fraction of sp³-hybridized carbons (Fsp3) is 0.312. The molecule has 0 bridgehead atoms. The van der Waals surface area contributed by atoms with E-state index in [1.165, 1.54) is 5.56 Å². The Balaban J connectivity index is 2.24. The second-order valence-electron chi connectivity index (χ2n) is 5.07. The maximum Gasteiger partial charge on any atom is 0.129 e. The first kappa shape index (κ1) is 14.8. The zero-order chi connectivity index (χ0) is 14.7. The van der Waals surface area contributed by atoms with Crippen molar-refractivity contribution in [2.45, 2.75) is 25.9 Å². The minimum Gasteiger partial charge on any atom is -0.353 e. The molecule has 0 aliphatic rings. The highest BCUT2D eigenvalue weighted by molar-refractivity contribution is 6.30. The van der Waals surface area contributed by atoms with Crippen molar-refractivity contribution in [2.75, 3.05) is 11.9 Å². The second-order valence-corrected chi connectivity index (χ2v) is 5.51. The molecule has 1 aromatic carbocycles. The van der Waals surface area contributed by atoms with Crippen LogP contribution in [0.4, 0.5) is 5.82 Å². The number of nitrogens with two attached hydrogens (primary N) is 1. The number of benzene rings is 1. The highest BCUT2D eigenvalue weighted by atomic mass is 35.5. The van der Waals surface area contributed by atoms with E-state index >= 15 is 0 Å². The molecule has 2 N–H and O–H groups in total.